The van der Waals surface area contributed by atoms with Crippen molar-refractivity contribution >= 4 is 95.6 Å². The van der Waals surface area contributed by atoms with Gasteiger partial charge in [0.25, 0.3) is 0 Å². The van der Waals surface area contributed by atoms with Gasteiger partial charge in [-0.1, -0.05) is 68.3 Å². The van der Waals surface area contributed by atoms with Crippen molar-refractivity contribution in [3.8, 4) is 33.8 Å². The predicted octanol–water partition coefficient (Wildman–Crippen LogP) is 11.4. The molecule has 0 heterocycles. The van der Waals surface area contributed by atoms with Gasteiger partial charge in [-0.2, -0.15) is 0 Å². The molecule has 0 aromatic heterocycles. The van der Waals surface area contributed by atoms with E-state index in [1.807, 2.05) is 60.7 Å². The standard InChI is InChI=1S/C24H12Br6O/c25-17-7-3-1-5-13(17)15-9-11-19(27)21(29)23(15)31-24-16(10-12-20(28)22(24)30)14-6-2-4-8-18(14)26/h1-12H. The molecule has 0 saturated heterocycles. The smallest absolute Gasteiger partial charge is 0.150 e. The summed E-state index contributed by atoms with van der Waals surface area (Å²) in [7, 11) is 0. The Kier molecular flexibility index (Phi) is 7.82. The van der Waals surface area contributed by atoms with Gasteiger partial charge in [0.2, 0.25) is 0 Å². The van der Waals surface area contributed by atoms with Gasteiger partial charge in [0, 0.05) is 29.0 Å². The molecule has 0 aliphatic rings. The highest BCUT2D eigenvalue weighted by Crippen LogP contribution is 2.50. The molecular formula is C24H12Br6O. The van der Waals surface area contributed by atoms with E-state index in [4.69, 9.17) is 4.74 Å². The van der Waals surface area contributed by atoms with Crippen molar-refractivity contribution in [3.05, 3.63) is 99.6 Å². The molecule has 0 amide bonds. The van der Waals surface area contributed by atoms with Gasteiger partial charge >= 0.3 is 0 Å². The van der Waals surface area contributed by atoms with Gasteiger partial charge in [-0.25, -0.2) is 0 Å². The summed E-state index contributed by atoms with van der Waals surface area (Å²) in [5, 5.41) is 0. The Morgan fingerprint density at radius 2 is 0.774 bits per heavy atom. The molecule has 0 unspecified atom stereocenters. The maximum atomic E-state index is 6.69. The molecule has 0 bridgehead atoms. The van der Waals surface area contributed by atoms with Crippen LogP contribution in [0.15, 0.2) is 99.6 Å². The first-order valence-electron chi connectivity index (χ1n) is 9.02. The molecule has 0 saturated carbocycles. The second-order valence-electron chi connectivity index (χ2n) is 6.54. The summed E-state index contributed by atoms with van der Waals surface area (Å²) in [5.41, 5.74) is 4.01. The van der Waals surface area contributed by atoms with Crippen molar-refractivity contribution in [3.63, 3.8) is 0 Å². The zero-order valence-electron chi connectivity index (χ0n) is 15.6. The van der Waals surface area contributed by atoms with Crippen molar-refractivity contribution in [2.24, 2.45) is 0 Å². The molecule has 4 rings (SSSR count). The Labute approximate surface area is 231 Å². The minimum atomic E-state index is 0.716. The lowest BCUT2D eigenvalue weighted by Crippen LogP contribution is -1.95. The molecule has 0 spiro atoms. The lowest BCUT2D eigenvalue weighted by molar-refractivity contribution is 0.479. The summed E-state index contributed by atoms with van der Waals surface area (Å²) in [6, 6.07) is 24.3. The van der Waals surface area contributed by atoms with E-state index >= 15 is 0 Å². The van der Waals surface area contributed by atoms with E-state index in [1.54, 1.807) is 0 Å². The maximum absolute atomic E-state index is 6.69. The molecule has 0 N–H and O–H groups in total. The van der Waals surface area contributed by atoms with E-state index in [0.717, 1.165) is 49.1 Å². The zero-order valence-corrected chi connectivity index (χ0v) is 25.1. The second-order valence-corrected chi connectivity index (χ2v) is 11.5. The highest BCUT2D eigenvalue weighted by molar-refractivity contribution is 9.13. The molecule has 0 atom stereocenters. The quantitative estimate of drug-likeness (QED) is 0.200. The molecule has 0 fully saturated rings. The number of benzene rings is 4. The third kappa shape index (κ3) is 4.92. The Morgan fingerprint density at radius 3 is 1.16 bits per heavy atom. The normalized spacial score (nSPS) is 10.9. The molecule has 31 heavy (non-hydrogen) atoms. The van der Waals surface area contributed by atoms with Crippen molar-refractivity contribution in [1.82, 2.24) is 0 Å². The van der Waals surface area contributed by atoms with Crippen LogP contribution in [-0.4, -0.2) is 0 Å². The van der Waals surface area contributed by atoms with Gasteiger partial charge in [-0.3, -0.25) is 0 Å². The summed E-state index contributed by atoms with van der Waals surface area (Å²) in [4.78, 5) is 0. The Bertz CT molecular complexity index is 1190. The molecule has 4 aromatic carbocycles. The molecular weight excluding hydrogens is 784 g/mol. The first-order valence-corrected chi connectivity index (χ1v) is 13.8. The van der Waals surface area contributed by atoms with Crippen LogP contribution < -0.4 is 4.74 Å². The van der Waals surface area contributed by atoms with Crippen LogP contribution in [0.3, 0.4) is 0 Å². The monoisotopic (exact) mass is 790 g/mol. The van der Waals surface area contributed by atoms with Gasteiger partial charge in [-0.05, 0) is 111 Å². The van der Waals surface area contributed by atoms with Crippen molar-refractivity contribution in [2.45, 2.75) is 0 Å². The third-order valence-corrected chi connectivity index (χ3v) is 9.98. The highest BCUT2D eigenvalue weighted by Gasteiger charge is 2.21. The van der Waals surface area contributed by atoms with Crippen molar-refractivity contribution in [2.75, 3.05) is 0 Å². The summed E-state index contributed by atoms with van der Waals surface area (Å²) < 4.78 is 12.2. The molecule has 0 aliphatic heterocycles. The van der Waals surface area contributed by atoms with Crippen LogP contribution in [0.5, 0.6) is 11.5 Å². The first-order chi connectivity index (χ1) is 14.9. The average molecular weight is 796 g/mol. The van der Waals surface area contributed by atoms with E-state index in [1.165, 1.54) is 0 Å². The fourth-order valence-corrected chi connectivity index (χ4v) is 5.62. The largest absolute Gasteiger partial charge is 0.454 e. The number of hydrogen-bond donors (Lipinski definition) is 0. The predicted molar refractivity (Wildman–Crippen MR) is 150 cm³/mol. The minimum Gasteiger partial charge on any atom is -0.454 e. The number of ether oxygens (including phenoxy) is 1. The Balaban J connectivity index is 1.96. The SMILES string of the molecule is Brc1ccccc1-c1ccc(Br)c(Br)c1Oc1c(-c2ccccc2Br)ccc(Br)c1Br. The summed E-state index contributed by atoms with van der Waals surface area (Å²) in [6.07, 6.45) is 0. The molecule has 7 heteroatoms. The minimum absolute atomic E-state index is 0.716. The van der Waals surface area contributed by atoms with Crippen LogP contribution in [0, 0.1) is 0 Å². The van der Waals surface area contributed by atoms with E-state index in [9.17, 15) is 0 Å². The molecule has 1 nitrogen and oxygen atoms in total. The summed E-state index contributed by atoms with van der Waals surface area (Å²) in [6.45, 7) is 0. The average Bonchev–Trinajstić information content (AvgIpc) is 2.76. The number of hydrogen-bond acceptors (Lipinski definition) is 1. The molecule has 4 aromatic rings. The van der Waals surface area contributed by atoms with E-state index in [-0.39, 0.29) is 0 Å². The van der Waals surface area contributed by atoms with Crippen molar-refractivity contribution in [1.29, 1.82) is 0 Å². The van der Waals surface area contributed by atoms with E-state index in [0.29, 0.717) is 11.5 Å². The fraction of sp³-hybridized carbons (Fsp3) is 0. The topological polar surface area (TPSA) is 9.23 Å². The Hall–Kier alpha value is -0.440. The van der Waals surface area contributed by atoms with Gasteiger partial charge in [-0.15, -0.1) is 0 Å². The van der Waals surface area contributed by atoms with Crippen LogP contribution in [0.1, 0.15) is 0 Å². The van der Waals surface area contributed by atoms with E-state index in [2.05, 4.69) is 108 Å². The lowest BCUT2D eigenvalue weighted by Gasteiger charge is -2.20. The van der Waals surface area contributed by atoms with Gasteiger partial charge < -0.3 is 4.74 Å². The third-order valence-electron chi connectivity index (χ3n) is 4.63. The molecule has 0 aliphatic carbocycles. The van der Waals surface area contributed by atoms with Gasteiger partial charge in [0.1, 0.15) is 0 Å². The van der Waals surface area contributed by atoms with E-state index < -0.39 is 0 Å². The second kappa shape index (κ2) is 10.2. The van der Waals surface area contributed by atoms with Gasteiger partial charge in [0.05, 0.1) is 8.95 Å². The summed E-state index contributed by atoms with van der Waals surface area (Å²) >= 11 is 22.1. The molecule has 156 valence electrons. The van der Waals surface area contributed by atoms with Crippen LogP contribution >= 0.6 is 95.6 Å². The molecule has 0 radical (unpaired) electrons. The van der Waals surface area contributed by atoms with Gasteiger partial charge in [0.15, 0.2) is 11.5 Å². The fourth-order valence-electron chi connectivity index (χ4n) is 3.15. The number of rotatable bonds is 4. The number of halogens is 6. The lowest BCUT2D eigenvalue weighted by atomic mass is 10.0. The van der Waals surface area contributed by atoms with Crippen molar-refractivity contribution < 1.29 is 4.74 Å². The van der Waals surface area contributed by atoms with Crippen LogP contribution in [0.2, 0.25) is 0 Å². The highest BCUT2D eigenvalue weighted by atomic mass is 79.9. The Morgan fingerprint density at radius 1 is 0.387 bits per heavy atom. The van der Waals surface area contributed by atoms with Crippen LogP contribution in [-0.2, 0) is 0 Å². The zero-order chi connectivity index (χ0) is 22.1. The van der Waals surface area contributed by atoms with Crippen LogP contribution in [0.4, 0.5) is 0 Å². The van der Waals surface area contributed by atoms with Crippen LogP contribution in [0.25, 0.3) is 22.3 Å². The maximum Gasteiger partial charge on any atom is 0.150 e. The first kappa shape index (κ1) is 23.7. The summed E-state index contributed by atoms with van der Waals surface area (Å²) in [5.74, 6) is 1.43.